The summed E-state index contributed by atoms with van der Waals surface area (Å²) < 4.78 is 16.5. The van der Waals surface area contributed by atoms with Gasteiger partial charge in [-0.2, -0.15) is 0 Å². The van der Waals surface area contributed by atoms with E-state index in [4.69, 9.17) is 14.2 Å². The van der Waals surface area contributed by atoms with Gasteiger partial charge >= 0.3 is 0 Å². The topological polar surface area (TPSA) is 74.7 Å². The molecule has 0 aromatic heterocycles. The van der Waals surface area contributed by atoms with E-state index < -0.39 is 6.10 Å². The number of aliphatic hydroxyl groups is 1. The van der Waals surface area contributed by atoms with Gasteiger partial charge in [0.2, 0.25) is 0 Å². The predicted molar refractivity (Wildman–Crippen MR) is 114 cm³/mol. The Morgan fingerprint density at radius 3 is 2.60 bits per heavy atom. The monoisotopic (exact) mass is 421 g/mol. The van der Waals surface area contributed by atoms with Crippen molar-refractivity contribution in [1.82, 2.24) is 14.7 Å². The quantitative estimate of drug-likeness (QED) is 0.577. The molecule has 0 radical (unpaired) electrons. The summed E-state index contributed by atoms with van der Waals surface area (Å²) in [6, 6.07) is 9.31. The molecule has 168 valence electrons. The fraction of sp³-hybridized carbons (Fsp3) is 0.682. The van der Waals surface area contributed by atoms with E-state index in [1.54, 1.807) is 12.0 Å². The van der Waals surface area contributed by atoms with Crippen LogP contribution in [-0.2, 0) is 14.2 Å². The normalized spacial score (nSPS) is 22.0. The van der Waals surface area contributed by atoms with Crippen LogP contribution in [0.5, 0.6) is 0 Å². The summed E-state index contributed by atoms with van der Waals surface area (Å²) in [6.45, 7) is 8.10. The second kappa shape index (κ2) is 12.3. The Bertz CT molecular complexity index is 626. The zero-order valence-corrected chi connectivity index (χ0v) is 17.9. The summed E-state index contributed by atoms with van der Waals surface area (Å²) in [5.41, 5.74) is 0.669. The van der Waals surface area contributed by atoms with Crippen LogP contribution in [0.15, 0.2) is 30.3 Å². The van der Waals surface area contributed by atoms with Crippen LogP contribution in [0.2, 0.25) is 0 Å². The molecule has 0 saturated carbocycles. The van der Waals surface area contributed by atoms with E-state index in [1.807, 2.05) is 30.3 Å². The first-order chi connectivity index (χ1) is 14.7. The number of methoxy groups -OCH3 is 1. The van der Waals surface area contributed by atoms with Crippen molar-refractivity contribution in [2.24, 2.45) is 0 Å². The lowest BCUT2D eigenvalue weighted by Gasteiger charge is -2.37. The number of rotatable bonds is 10. The van der Waals surface area contributed by atoms with Gasteiger partial charge in [-0.15, -0.1) is 0 Å². The van der Waals surface area contributed by atoms with E-state index in [1.165, 1.54) is 0 Å². The average Bonchev–Trinajstić information content (AvgIpc) is 2.77. The molecule has 1 amide bonds. The first kappa shape index (κ1) is 23.1. The fourth-order valence-corrected chi connectivity index (χ4v) is 3.98. The van der Waals surface area contributed by atoms with Crippen molar-refractivity contribution in [2.45, 2.75) is 12.2 Å². The lowest BCUT2D eigenvalue weighted by atomic mass is 10.1. The van der Waals surface area contributed by atoms with Gasteiger partial charge in [0.15, 0.2) is 0 Å². The average molecular weight is 422 g/mol. The Balaban J connectivity index is 1.51. The second-order valence-electron chi connectivity index (χ2n) is 7.93. The summed E-state index contributed by atoms with van der Waals surface area (Å²) in [4.78, 5) is 19.2. The number of carbonyl (C=O) groups is 1. The number of hydrogen-bond acceptors (Lipinski definition) is 7. The van der Waals surface area contributed by atoms with E-state index >= 15 is 0 Å². The maximum Gasteiger partial charge on any atom is 0.254 e. The summed E-state index contributed by atoms with van der Waals surface area (Å²) in [6.07, 6.45) is -0.490. The number of β-amino-alcohol motifs (C(OH)–C–C–N with tert-alkyl or cyclic N) is 1. The van der Waals surface area contributed by atoms with Gasteiger partial charge in [0.05, 0.1) is 38.6 Å². The Labute approximate surface area is 179 Å². The molecule has 2 atom stereocenters. The maximum absolute atomic E-state index is 13.0. The Morgan fingerprint density at radius 1 is 1.17 bits per heavy atom. The smallest absolute Gasteiger partial charge is 0.254 e. The fourth-order valence-electron chi connectivity index (χ4n) is 3.98. The molecule has 0 spiro atoms. The molecular weight excluding hydrogens is 386 g/mol. The molecule has 0 aliphatic carbocycles. The lowest BCUT2D eigenvalue weighted by molar-refractivity contribution is -0.0564. The molecule has 8 heteroatoms. The summed E-state index contributed by atoms with van der Waals surface area (Å²) in [5.74, 6) is -0.0132. The summed E-state index contributed by atoms with van der Waals surface area (Å²) >= 11 is 0. The van der Waals surface area contributed by atoms with Crippen molar-refractivity contribution >= 4 is 5.91 Å². The molecule has 1 aromatic carbocycles. The minimum absolute atomic E-state index is 0.0132. The van der Waals surface area contributed by atoms with Crippen LogP contribution >= 0.6 is 0 Å². The highest BCUT2D eigenvalue weighted by Gasteiger charge is 2.27. The summed E-state index contributed by atoms with van der Waals surface area (Å²) in [5, 5.41) is 10.5. The molecule has 2 saturated heterocycles. The van der Waals surface area contributed by atoms with Gasteiger partial charge < -0.3 is 24.2 Å². The number of carbonyl (C=O) groups excluding carboxylic acids is 1. The first-order valence-corrected chi connectivity index (χ1v) is 10.8. The minimum atomic E-state index is -0.405. The van der Waals surface area contributed by atoms with Crippen LogP contribution in [0.25, 0.3) is 0 Å². The minimum Gasteiger partial charge on any atom is -0.390 e. The van der Waals surface area contributed by atoms with Gasteiger partial charge in [0.1, 0.15) is 0 Å². The molecule has 0 bridgehead atoms. The molecule has 2 aliphatic heterocycles. The number of hydrogen-bond donors (Lipinski definition) is 1. The van der Waals surface area contributed by atoms with Crippen LogP contribution in [-0.4, -0.2) is 124 Å². The molecule has 2 aliphatic rings. The zero-order valence-electron chi connectivity index (χ0n) is 17.9. The van der Waals surface area contributed by atoms with Crippen molar-refractivity contribution < 1.29 is 24.1 Å². The second-order valence-corrected chi connectivity index (χ2v) is 7.93. The van der Waals surface area contributed by atoms with Gasteiger partial charge in [0, 0.05) is 65.0 Å². The molecular formula is C22H35N3O5. The predicted octanol–water partition coefficient (Wildman–Crippen LogP) is 0.169. The van der Waals surface area contributed by atoms with E-state index in [9.17, 15) is 9.90 Å². The molecule has 2 heterocycles. The number of morpholine rings is 2. The molecule has 30 heavy (non-hydrogen) atoms. The molecule has 1 N–H and O–H groups in total. The van der Waals surface area contributed by atoms with E-state index in [0.717, 1.165) is 32.8 Å². The molecule has 0 unspecified atom stereocenters. The van der Waals surface area contributed by atoms with Crippen LogP contribution in [0.4, 0.5) is 0 Å². The van der Waals surface area contributed by atoms with Gasteiger partial charge in [-0.1, -0.05) is 18.2 Å². The highest BCUT2D eigenvalue weighted by Crippen LogP contribution is 2.12. The number of amides is 1. The third kappa shape index (κ3) is 7.30. The standard InChI is InChI=1S/C22H35N3O5/c1-28-11-10-25(22(27)19-5-3-2-4-6-19)18-21-17-24(9-14-30-21)16-20(26)15-23-7-12-29-13-8-23/h2-6,20-21,26H,7-18H2,1H3/t20-,21+/m0/s1. The molecule has 8 nitrogen and oxygen atoms in total. The van der Waals surface area contributed by atoms with Crippen LogP contribution in [0.3, 0.4) is 0 Å². The van der Waals surface area contributed by atoms with Gasteiger partial charge in [-0.25, -0.2) is 0 Å². The van der Waals surface area contributed by atoms with Crippen LogP contribution in [0.1, 0.15) is 10.4 Å². The molecule has 2 fully saturated rings. The lowest BCUT2D eigenvalue weighted by Crippen LogP contribution is -2.52. The Morgan fingerprint density at radius 2 is 1.87 bits per heavy atom. The van der Waals surface area contributed by atoms with E-state index in [-0.39, 0.29) is 12.0 Å². The van der Waals surface area contributed by atoms with Gasteiger partial charge in [-0.05, 0) is 12.1 Å². The SMILES string of the molecule is COCCN(C[C@H]1CN(C[C@@H](O)CN2CCOCC2)CCO1)C(=O)c1ccccc1. The van der Waals surface area contributed by atoms with Crippen LogP contribution in [0, 0.1) is 0 Å². The number of nitrogens with zero attached hydrogens (tertiary/aromatic N) is 3. The Kier molecular flexibility index (Phi) is 9.51. The third-order valence-electron chi connectivity index (χ3n) is 5.56. The summed E-state index contributed by atoms with van der Waals surface area (Å²) in [7, 11) is 1.64. The molecule has 1 aromatic rings. The van der Waals surface area contributed by atoms with Crippen LogP contribution < -0.4 is 0 Å². The van der Waals surface area contributed by atoms with Gasteiger partial charge in [-0.3, -0.25) is 14.6 Å². The van der Waals surface area contributed by atoms with Gasteiger partial charge in [0.25, 0.3) is 5.91 Å². The van der Waals surface area contributed by atoms with E-state index in [2.05, 4.69) is 9.80 Å². The highest BCUT2D eigenvalue weighted by atomic mass is 16.5. The maximum atomic E-state index is 13.0. The van der Waals surface area contributed by atoms with Crippen molar-refractivity contribution in [3.05, 3.63) is 35.9 Å². The number of aliphatic hydroxyl groups excluding tert-OH is 1. The van der Waals surface area contributed by atoms with Crippen molar-refractivity contribution in [3.8, 4) is 0 Å². The van der Waals surface area contributed by atoms with Crippen molar-refractivity contribution in [3.63, 3.8) is 0 Å². The molecule has 3 rings (SSSR count). The van der Waals surface area contributed by atoms with E-state index in [0.29, 0.717) is 51.5 Å². The highest BCUT2D eigenvalue weighted by molar-refractivity contribution is 5.94. The first-order valence-electron chi connectivity index (χ1n) is 10.8. The zero-order chi connectivity index (χ0) is 21.2. The Hall–Kier alpha value is -1.55. The largest absolute Gasteiger partial charge is 0.390 e. The van der Waals surface area contributed by atoms with Crippen molar-refractivity contribution in [1.29, 1.82) is 0 Å². The number of benzene rings is 1. The third-order valence-corrected chi connectivity index (χ3v) is 5.56. The van der Waals surface area contributed by atoms with Crippen molar-refractivity contribution in [2.75, 3.05) is 85.9 Å². The number of ether oxygens (including phenoxy) is 3.